The minimum atomic E-state index is 0. The van der Waals surface area contributed by atoms with Gasteiger partial charge in [-0.1, -0.05) is 0 Å². The van der Waals surface area contributed by atoms with Crippen LogP contribution in [-0.4, -0.2) is 12.5 Å². The third-order valence-corrected chi connectivity index (χ3v) is 0.903. The number of rotatable bonds is 0. The lowest BCUT2D eigenvalue weighted by atomic mass is 10.4. The summed E-state index contributed by atoms with van der Waals surface area (Å²) in [5, 5.41) is 2.68. The Morgan fingerprint density at radius 2 is 2.29 bits per heavy atom. The van der Waals surface area contributed by atoms with E-state index in [0.29, 0.717) is 0 Å². The van der Waals surface area contributed by atoms with E-state index in [9.17, 15) is 4.79 Å². The van der Waals surface area contributed by atoms with E-state index in [4.69, 9.17) is 0 Å². The molecule has 7 heavy (non-hydrogen) atoms. The summed E-state index contributed by atoms with van der Waals surface area (Å²) in [6, 6.07) is 0. The summed E-state index contributed by atoms with van der Waals surface area (Å²) < 4.78 is 0. The zero-order chi connectivity index (χ0) is 4.41. The Kier molecular flexibility index (Phi) is 2.33. The largest absolute Gasteiger partial charge is 0.356 e. The van der Waals surface area contributed by atoms with E-state index in [0.717, 1.165) is 19.4 Å². The predicted molar refractivity (Wildman–Crippen MR) is 24.7 cm³/mol. The minimum absolute atomic E-state index is 0. The van der Waals surface area contributed by atoms with E-state index < -0.39 is 0 Å². The van der Waals surface area contributed by atoms with Crippen LogP contribution in [0.25, 0.3) is 0 Å². The van der Waals surface area contributed by atoms with Gasteiger partial charge in [-0.3, -0.25) is 9.50 Å². The summed E-state index contributed by atoms with van der Waals surface area (Å²) in [5.74, 6) is 0.204. The fourth-order valence-corrected chi connectivity index (χ4v) is 0.565. The van der Waals surface area contributed by atoms with Gasteiger partial charge in [-0.25, -0.2) is 0 Å². The number of hydrogen-bond acceptors (Lipinski definition) is 1. The molecule has 0 spiro atoms. The van der Waals surface area contributed by atoms with E-state index in [1.807, 2.05) is 0 Å². The molecule has 1 fully saturated rings. The first-order chi connectivity index (χ1) is 2.89. The van der Waals surface area contributed by atoms with Crippen LogP contribution in [0.5, 0.6) is 0 Å². The van der Waals surface area contributed by atoms with Crippen LogP contribution in [0.1, 0.15) is 12.8 Å². The van der Waals surface area contributed by atoms with Gasteiger partial charge in [0.15, 0.2) is 0 Å². The highest BCUT2D eigenvalue weighted by Gasteiger charge is 2.05. The van der Waals surface area contributed by atoms with Gasteiger partial charge < -0.3 is 5.32 Å². The lowest BCUT2D eigenvalue weighted by Gasteiger charge is -1.80. The summed E-state index contributed by atoms with van der Waals surface area (Å²) in [6.45, 7) is 0.888. The molecule has 1 amide bonds. The fraction of sp³-hybridized carbons (Fsp3) is 0.750. The van der Waals surface area contributed by atoms with Crippen LogP contribution in [0.3, 0.4) is 0 Å². The molecule has 0 aromatic heterocycles. The van der Waals surface area contributed by atoms with Crippen LogP contribution in [-0.2, 0) is 4.79 Å². The molecule has 0 aliphatic carbocycles. The Bertz CT molecular complexity index is 66.1. The van der Waals surface area contributed by atoms with Crippen molar-refractivity contribution >= 4 is 5.91 Å². The molecular weight excluding hydrogens is 97.0 g/mol. The third kappa shape index (κ3) is 1.52. The number of halogens is 1. The molecule has 2 nitrogen and oxygen atoms in total. The van der Waals surface area contributed by atoms with E-state index in [-0.39, 0.29) is 10.6 Å². The summed E-state index contributed by atoms with van der Waals surface area (Å²) in [7, 11) is 0. The number of nitrogens with one attached hydrogen (secondary N) is 1. The molecule has 1 aliphatic rings. The second kappa shape index (κ2) is 2.55. The molecule has 1 rings (SSSR count). The van der Waals surface area contributed by atoms with Crippen LogP contribution in [0, 0.1) is 0 Å². The van der Waals surface area contributed by atoms with Crippen LogP contribution in [0.2, 0.25) is 0 Å². The van der Waals surface area contributed by atoms with Crippen molar-refractivity contribution in [1.82, 2.24) is 5.32 Å². The van der Waals surface area contributed by atoms with Crippen molar-refractivity contribution in [2.75, 3.05) is 6.54 Å². The first kappa shape index (κ1) is 6.40. The van der Waals surface area contributed by atoms with Crippen molar-refractivity contribution in [3.05, 3.63) is 0 Å². The Morgan fingerprint density at radius 1 is 1.57 bits per heavy atom. The smallest absolute Gasteiger partial charge is 0.220 e. The van der Waals surface area contributed by atoms with Crippen molar-refractivity contribution in [2.45, 2.75) is 12.8 Å². The normalized spacial score (nSPS) is 18.0. The van der Waals surface area contributed by atoms with Crippen LogP contribution in [0.15, 0.2) is 0 Å². The third-order valence-electron chi connectivity index (χ3n) is 0.903. The van der Waals surface area contributed by atoms with Gasteiger partial charge in [-0.2, -0.15) is 0 Å². The topological polar surface area (TPSA) is 29.1 Å². The molecule has 0 unspecified atom stereocenters. The van der Waals surface area contributed by atoms with E-state index in [2.05, 4.69) is 5.32 Å². The molecule has 0 bridgehead atoms. The van der Waals surface area contributed by atoms with E-state index in [1.165, 1.54) is 0 Å². The second-order valence-electron chi connectivity index (χ2n) is 1.45. The molecule has 0 atom stereocenters. The highest BCUT2D eigenvalue weighted by atomic mass is 19.0. The van der Waals surface area contributed by atoms with Gasteiger partial charge >= 0.3 is 0 Å². The highest BCUT2D eigenvalue weighted by molar-refractivity contribution is 5.77. The zero-order valence-electron chi connectivity index (χ0n) is 3.94. The summed E-state index contributed by atoms with van der Waals surface area (Å²) >= 11 is 0. The SMILES string of the molecule is F.O=C1CCCN1. The quantitative estimate of drug-likeness (QED) is 0.463. The summed E-state index contributed by atoms with van der Waals surface area (Å²) in [4.78, 5) is 10.1. The van der Waals surface area contributed by atoms with Crippen LogP contribution >= 0.6 is 0 Å². The molecule has 1 aliphatic heterocycles. The number of carbonyl (C=O) groups is 1. The Labute approximate surface area is 41.3 Å². The van der Waals surface area contributed by atoms with Crippen molar-refractivity contribution in [2.24, 2.45) is 0 Å². The number of hydrogen-bond donors (Lipinski definition) is 1. The molecule has 0 radical (unpaired) electrons. The molecule has 1 N–H and O–H groups in total. The molecule has 0 saturated carbocycles. The second-order valence-corrected chi connectivity index (χ2v) is 1.45. The fourth-order valence-electron chi connectivity index (χ4n) is 0.565. The van der Waals surface area contributed by atoms with Crippen LogP contribution in [0.4, 0.5) is 4.70 Å². The Morgan fingerprint density at radius 3 is 2.43 bits per heavy atom. The maximum atomic E-state index is 10.1. The van der Waals surface area contributed by atoms with Gasteiger partial charge in [0.05, 0.1) is 0 Å². The van der Waals surface area contributed by atoms with E-state index >= 15 is 0 Å². The number of amides is 1. The monoisotopic (exact) mass is 105 g/mol. The molecule has 0 aromatic carbocycles. The first-order valence-corrected chi connectivity index (χ1v) is 2.16. The average Bonchev–Trinajstić information content (AvgIpc) is 1.86. The van der Waals surface area contributed by atoms with Crippen molar-refractivity contribution in [3.8, 4) is 0 Å². The van der Waals surface area contributed by atoms with Gasteiger partial charge in [-0.15, -0.1) is 0 Å². The Hall–Kier alpha value is -0.600. The highest BCUT2D eigenvalue weighted by Crippen LogP contribution is 1.93. The van der Waals surface area contributed by atoms with Gasteiger partial charge in [0.2, 0.25) is 5.91 Å². The maximum Gasteiger partial charge on any atom is 0.220 e. The van der Waals surface area contributed by atoms with Crippen molar-refractivity contribution in [3.63, 3.8) is 0 Å². The molecule has 3 heteroatoms. The standard InChI is InChI=1S/C4H7NO.FH/c6-4-2-1-3-5-4;/h1-3H2,(H,5,6);1H. The molecule has 42 valence electrons. The molecule has 0 aromatic rings. The van der Waals surface area contributed by atoms with Gasteiger partial charge in [0.1, 0.15) is 0 Å². The zero-order valence-corrected chi connectivity index (χ0v) is 3.94. The minimum Gasteiger partial charge on any atom is -0.356 e. The Balaban J connectivity index is 0.000000360. The van der Waals surface area contributed by atoms with Gasteiger partial charge in [0, 0.05) is 13.0 Å². The first-order valence-electron chi connectivity index (χ1n) is 2.16. The predicted octanol–water partition coefficient (Wildman–Crippen LogP) is 0.0489. The van der Waals surface area contributed by atoms with Crippen LogP contribution < -0.4 is 5.32 Å². The van der Waals surface area contributed by atoms with Gasteiger partial charge in [0.25, 0.3) is 0 Å². The molecule has 1 heterocycles. The van der Waals surface area contributed by atoms with Gasteiger partial charge in [-0.05, 0) is 6.42 Å². The number of carbonyl (C=O) groups excluding carboxylic acids is 1. The average molecular weight is 105 g/mol. The van der Waals surface area contributed by atoms with E-state index in [1.54, 1.807) is 0 Å². The molecule has 1 saturated heterocycles. The van der Waals surface area contributed by atoms with Crippen molar-refractivity contribution < 1.29 is 9.50 Å². The molecular formula is C4H8FNO. The summed E-state index contributed by atoms with van der Waals surface area (Å²) in [5.41, 5.74) is 0. The summed E-state index contributed by atoms with van der Waals surface area (Å²) in [6.07, 6.45) is 1.76. The lowest BCUT2D eigenvalue weighted by molar-refractivity contribution is -0.119. The van der Waals surface area contributed by atoms with Crippen molar-refractivity contribution in [1.29, 1.82) is 0 Å². The maximum absolute atomic E-state index is 10.1. The lowest BCUT2D eigenvalue weighted by Crippen LogP contribution is -2.12.